The molecule has 2 N–H and O–H groups in total. The number of nitrogens with one attached hydrogen (secondary N) is 2. The van der Waals surface area contributed by atoms with E-state index in [2.05, 4.69) is 75.6 Å². The van der Waals surface area contributed by atoms with Crippen molar-refractivity contribution in [3.63, 3.8) is 0 Å². The van der Waals surface area contributed by atoms with Crippen molar-refractivity contribution in [2.75, 3.05) is 49.5 Å². The maximum absolute atomic E-state index is 12.5. The van der Waals surface area contributed by atoms with Crippen LogP contribution in [0, 0.1) is 6.92 Å². The van der Waals surface area contributed by atoms with Crippen LogP contribution in [-0.2, 0) is 4.74 Å². The van der Waals surface area contributed by atoms with E-state index in [0.717, 1.165) is 24.3 Å². The molecular weight excluding hydrogens is 587 g/mol. The van der Waals surface area contributed by atoms with Gasteiger partial charge in [-0.15, -0.1) is 0 Å². The van der Waals surface area contributed by atoms with Gasteiger partial charge in [-0.2, -0.15) is 0 Å². The van der Waals surface area contributed by atoms with E-state index in [0.29, 0.717) is 25.4 Å². The molecule has 9 heteroatoms. The smallest absolute Gasteiger partial charge is 0.271 e. The SMILES string of the molecule is Cc1ccc(C(CCN2CCCCC2)Nc2ccc3c(c2)Sc2cccc(C4CN(c5ccc[nH]c5=O)CCO4)c2S3)nc1. The zero-order valence-corrected chi connectivity index (χ0v) is 26.8. The first-order valence-corrected chi connectivity index (χ1v) is 17.3. The minimum atomic E-state index is -0.100. The molecule has 2 aromatic carbocycles. The summed E-state index contributed by atoms with van der Waals surface area (Å²) in [4.78, 5) is 29.9. The van der Waals surface area contributed by atoms with Gasteiger partial charge >= 0.3 is 0 Å². The Hall–Kier alpha value is -3.24. The van der Waals surface area contributed by atoms with Crippen LogP contribution in [-0.4, -0.2) is 54.2 Å². The molecule has 0 saturated carbocycles. The summed E-state index contributed by atoms with van der Waals surface area (Å²) in [6.45, 7) is 7.52. The molecule has 0 bridgehead atoms. The molecule has 3 aliphatic rings. The third kappa shape index (κ3) is 6.56. The van der Waals surface area contributed by atoms with Gasteiger partial charge in [0.2, 0.25) is 0 Å². The largest absolute Gasteiger partial charge is 0.377 e. The first-order valence-electron chi connectivity index (χ1n) is 15.7. The van der Waals surface area contributed by atoms with Crippen LogP contribution < -0.4 is 15.8 Å². The fourth-order valence-electron chi connectivity index (χ4n) is 6.36. The van der Waals surface area contributed by atoms with Crippen LogP contribution >= 0.6 is 23.5 Å². The average molecular weight is 626 g/mol. The fraction of sp³-hybridized carbons (Fsp3) is 0.371. The summed E-state index contributed by atoms with van der Waals surface area (Å²) in [6, 6.07) is 21.5. The number of aromatic nitrogens is 2. The molecule has 5 heterocycles. The van der Waals surface area contributed by atoms with E-state index in [9.17, 15) is 4.79 Å². The Kier molecular flexibility index (Phi) is 8.98. The standard InChI is InChI=1S/C35H39N5O2S2/c1-24-10-12-27(37-22-24)28(14-18-39-16-3-2-4-17-39)38-25-11-13-31-33(21-25)43-32-9-5-7-26(34(32)44-31)30-23-40(19-20-42-30)29-8-6-15-36-35(29)41/h5-13,15,21-22,28,30,38H,2-4,14,16-20,23H2,1H3,(H,36,41). The quantitative estimate of drug-likeness (QED) is 0.186. The number of piperidine rings is 1. The normalized spacial score (nSPS) is 19.2. The van der Waals surface area contributed by atoms with Crippen LogP contribution in [0.4, 0.5) is 11.4 Å². The molecule has 0 amide bonds. The monoisotopic (exact) mass is 625 g/mol. The summed E-state index contributed by atoms with van der Waals surface area (Å²) in [5.41, 5.74) is 5.24. The van der Waals surface area contributed by atoms with Crippen LogP contribution in [0.1, 0.15) is 54.6 Å². The van der Waals surface area contributed by atoms with Gasteiger partial charge in [-0.3, -0.25) is 9.78 Å². The number of likely N-dealkylation sites (tertiary alicyclic amines) is 1. The van der Waals surface area contributed by atoms with Crippen molar-refractivity contribution >= 4 is 34.9 Å². The Bertz CT molecular complexity index is 1650. The third-order valence-electron chi connectivity index (χ3n) is 8.75. The van der Waals surface area contributed by atoms with Gasteiger partial charge < -0.3 is 24.8 Å². The number of pyridine rings is 2. The van der Waals surface area contributed by atoms with Crippen molar-refractivity contribution in [1.82, 2.24) is 14.9 Å². The highest BCUT2D eigenvalue weighted by Crippen LogP contribution is 2.52. The van der Waals surface area contributed by atoms with Crippen molar-refractivity contribution in [3.8, 4) is 0 Å². The molecule has 2 saturated heterocycles. The first kappa shape index (κ1) is 29.5. The molecule has 2 aromatic heterocycles. The summed E-state index contributed by atoms with van der Waals surface area (Å²) < 4.78 is 6.29. The average Bonchev–Trinajstić information content (AvgIpc) is 3.06. The van der Waals surface area contributed by atoms with E-state index in [1.54, 1.807) is 6.20 Å². The number of hydrogen-bond donors (Lipinski definition) is 2. The van der Waals surface area contributed by atoms with Gasteiger partial charge in [0.1, 0.15) is 11.8 Å². The molecule has 4 aromatic rings. The molecule has 3 aliphatic heterocycles. The Morgan fingerprint density at radius 3 is 2.75 bits per heavy atom. The predicted octanol–water partition coefficient (Wildman–Crippen LogP) is 7.30. The number of ether oxygens (including phenoxy) is 1. The van der Waals surface area contributed by atoms with E-state index < -0.39 is 0 Å². The minimum absolute atomic E-state index is 0.0570. The maximum Gasteiger partial charge on any atom is 0.271 e. The van der Waals surface area contributed by atoms with Crippen LogP contribution in [0.2, 0.25) is 0 Å². The van der Waals surface area contributed by atoms with Crippen molar-refractivity contribution < 1.29 is 4.74 Å². The van der Waals surface area contributed by atoms with Gasteiger partial charge in [0, 0.05) is 57.3 Å². The number of benzene rings is 2. The van der Waals surface area contributed by atoms with Crippen LogP contribution in [0.3, 0.4) is 0 Å². The number of nitrogens with zero attached hydrogens (tertiary/aromatic N) is 3. The molecule has 228 valence electrons. The van der Waals surface area contributed by atoms with E-state index in [1.165, 1.54) is 63.1 Å². The van der Waals surface area contributed by atoms with Gasteiger partial charge in [0.15, 0.2) is 0 Å². The fourth-order valence-corrected chi connectivity index (χ4v) is 8.81. The van der Waals surface area contributed by atoms with Gasteiger partial charge in [-0.25, -0.2) is 0 Å². The first-order chi connectivity index (χ1) is 21.6. The van der Waals surface area contributed by atoms with E-state index in [-0.39, 0.29) is 17.7 Å². The van der Waals surface area contributed by atoms with Gasteiger partial charge in [0.25, 0.3) is 5.56 Å². The minimum Gasteiger partial charge on any atom is -0.377 e. The summed E-state index contributed by atoms with van der Waals surface area (Å²) >= 11 is 3.65. The topological polar surface area (TPSA) is 73.5 Å². The molecule has 44 heavy (non-hydrogen) atoms. The number of fused-ring (bicyclic) bond motifs is 2. The summed E-state index contributed by atoms with van der Waals surface area (Å²) in [5.74, 6) is 0. The lowest BCUT2D eigenvalue weighted by Crippen LogP contribution is -2.41. The Morgan fingerprint density at radius 1 is 1.00 bits per heavy atom. The Labute approximate surface area is 267 Å². The predicted molar refractivity (Wildman–Crippen MR) is 179 cm³/mol. The van der Waals surface area contributed by atoms with Gasteiger partial charge in [0.05, 0.1) is 18.3 Å². The number of rotatable bonds is 8. The van der Waals surface area contributed by atoms with E-state index >= 15 is 0 Å². The number of aromatic amines is 1. The van der Waals surface area contributed by atoms with Crippen molar-refractivity contribution in [2.24, 2.45) is 0 Å². The van der Waals surface area contributed by atoms with Crippen LogP contribution in [0.15, 0.2) is 97.4 Å². The second-order valence-electron chi connectivity index (χ2n) is 11.9. The number of anilines is 2. The molecule has 0 aliphatic carbocycles. The van der Waals surface area contributed by atoms with Crippen LogP contribution in [0.5, 0.6) is 0 Å². The third-order valence-corrected chi connectivity index (χ3v) is 11.4. The Balaban J connectivity index is 1.09. The lowest BCUT2D eigenvalue weighted by Gasteiger charge is -2.35. The molecular formula is C35H39N5O2S2. The van der Waals surface area contributed by atoms with Crippen LogP contribution in [0.25, 0.3) is 0 Å². The summed E-state index contributed by atoms with van der Waals surface area (Å²) in [7, 11) is 0. The Morgan fingerprint density at radius 2 is 1.91 bits per heavy atom. The summed E-state index contributed by atoms with van der Waals surface area (Å²) in [5, 5.41) is 3.85. The number of morpholine rings is 1. The molecule has 0 radical (unpaired) electrons. The molecule has 7 nitrogen and oxygen atoms in total. The molecule has 2 unspecified atom stereocenters. The molecule has 2 atom stereocenters. The van der Waals surface area contributed by atoms with Crippen molar-refractivity contribution in [2.45, 2.75) is 64.3 Å². The molecule has 0 spiro atoms. The highest BCUT2D eigenvalue weighted by molar-refractivity contribution is 8.05. The zero-order chi connectivity index (χ0) is 29.9. The second-order valence-corrected chi connectivity index (χ2v) is 14.0. The molecule has 7 rings (SSSR count). The highest BCUT2D eigenvalue weighted by Gasteiger charge is 2.29. The lowest BCUT2D eigenvalue weighted by atomic mass is 10.1. The number of aryl methyl sites for hydroxylation is 1. The highest BCUT2D eigenvalue weighted by atomic mass is 32.2. The summed E-state index contributed by atoms with van der Waals surface area (Å²) in [6.07, 6.45) is 8.55. The van der Waals surface area contributed by atoms with E-state index in [4.69, 9.17) is 9.72 Å². The zero-order valence-electron chi connectivity index (χ0n) is 25.1. The van der Waals surface area contributed by atoms with E-state index in [1.807, 2.05) is 41.9 Å². The molecule has 2 fully saturated rings. The number of H-pyrrole nitrogens is 1. The van der Waals surface area contributed by atoms with Gasteiger partial charge in [-0.1, -0.05) is 48.1 Å². The van der Waals surface area contributed by atoms with Crippen molar-refractivity contribution in [3.05, 3.63) is 100 Å². The van der Waals surface area contributed by atoms with Gasteiger partial charge in [-0.05, 0) is 92.9 Å². The maximum atomic E-state index is 12.5. The second kappa shape index (κ2) is 13.4. The van der Waals surface area contributed by atoms with Crippen molar-refractivity contribution in [1.29, 1.82) is 0 Å². The number of hydrogen-bond acceptors (Lipinski definition) is 8. The lowest BCUT2D eigenvalue weighted by molar-refractivity contribution is 0.0378.